The quantitative estimate of drug-likeness (QED) is 0.811. The van der Waals surface area contributed by atoms with E-state index in [1.54, 1.807) is 25.1 Å². The lowest BCUT2D eigenvalue weighted by molar-refractivity contribution is -0.131. The van der Waals surface area contributed by atoms with E-state index in [1.165, 1.54) is 11.0 Å². The Morgan fingerprint density at radius 2 is 2.05 bits per heavy atom. The van der Waals surface area contributed by atoms with Gasteiger partial charge >= 0.3 is 12.1 Å². The van der Waals surface area contributed by atoms with E-state index in [4.69, 9.17) is 5.11 Å². The molecule has 0 radical (unpaired) electrons. The fourth-order valence-electron chi connectivity index (χ4n) is 1.99. The van der Waals surface area contributed by atoms with Gasteiger partial charge in [0.2, 0.25) is 0 Å². The summed E-state index contributed by atoms with van der Waals surface area (Å²) < 4.78 is 37.8. The first-order chi connectivity index (χ1) is 9.73. The summed E-state index contributed by atoms with van der Waals surface area (Å²) in [6, 6.07) is 4.85. The molecule has 0 bridgehead atoms. The Morgan fingerprint density at radius 1 is 1.38 bits per heavy atom. The van der Waals surface area contributed by atoms with Crippen LogP contribution in [0.4, 0.5) is 18.9 Å². The standard InChI is InChI=1S/C15H18F3NO2/c1-3-8-19(10-15(16,17)18)13-6-4-12(11(2)9-13)5-7-14(20)21/h4-7,9H,3,8,10H2,1-2H3,(H,20,21). The van der Waals surface area contributed by atoms with Gasteiger partial charge in [0.15, 0.2) is 0 Å². The highest BCUT2D eigenvalue weighted by atomic mass is 19.4. The van der Waals surface area contributed by atoms with Crippen LogP contribution in [0.1, 0.15) is 24.5 Å². The van der Waals surface area contributed by atoms with Crippen LogP contribution in [-0.2, 0) is 4.79 Å². The summed E-state index contributed by atoms with van der Waals surface area (Å²) in [7, 11) is 0. The number of rotatable bonds is 6. The number of hydrogen-bond donors (Lipinski definition) is 1. The van der Waals surface area contributed by atoms with E-state index in [2.05, 4.69) is 0 Å². The van der Waals surface area contributed by atoms with Crippen LogP contribution in [0, 0.1) is 6.92 Å². The minimum atomic E-state index is -4.26. The smallest absolute Gasteiger partial charge is 0.405 e. The minimum absolute atomic E-state index is 0.309. The van der Waals surface area contributed by atoms with E-state index in [0.29, 0.717) is 24.2 Å². The monoisotopic (exact) mass is 301 g/mol. The number of aryl methyl sites for hydroxylation is 1. The number of anilines is 1. The van der Waals surface area contributed by atoms with Crippen LogP contribution < -0.4 is 4.90 Å². The first-order valence-corrected chi connectivity index (χ1v) is 6.56. The van der Waals surface area contributed by atoms with Crippen LogP contribution in [0.15, 0.2) is 24.3 Å². The van der Waals surface area contributed by atoms with E-state index < -0.39 is 18.7 Å². The molecule has 116 valence electrons. The first kappa shape index (κ1) is 17.1. The highest BCUT2D eigenvalue weighted by Gasteiger charge is 2.30. The third-order valence-corrected chi connectivity index (χ3v) is 2.89. The van der Waals surface area contributed by atoms with E-state index in [-0.39, 0.29) is 0 Å². The average Bonchev–Trinajstić information content (AvgIpc) is 2.35. The molecule has 0 spiro atoms. The molecule has 0 saturated heterocycles. The molecule has 0 fully saturated rings. The molecule has 0 unspecified atom stereocenters. The zero-order chi connectivity index (χ0) is 16.0. The van der Waals surface area contributed by atoms with Crippen molar-refractivity contribution in [3.63, 3.8) is 0 Å². The van der Waals surface area contributed by atoms with Gasteiger partial charge in [-0.2, -0.15) is 13.2 Å². The molecule has 0 saturated carbocycles. The predicted molar refractivity (Wildman–Crippen MR) is 76.4 cm³/mol. The van der Waals surface area contributed by atoms with Crippen molar-refractivity contribution < 1.29 is 23.1 Å². The van der Waals surface area contributed by atoms with Crippen LogP contribution in [0.2, 0.25) is 0 Å². The molecule has 1 aromatic carbocycles. The molecular weight excluding hydrogens is 283 g/mol. The fourth-order valence-corrected chi connectivity index (χ4v) is 1.99. The zero-order valence-electron chi connectivity index (χ0n) is 11.9. The molecule has 1 aromatic rings. The van der Waals surface area contributed by atoms with Gasteiger partial charge in [0.05, 0.1) is 0 Å². The molecule has 1 N–H and O–H groups in total. The highest BCUT2D eigenvalue weighted by molar-refractivity contribution is 5.85. The molecule has 0 aliphatic heterocycles. The van der Waals surface area contributed by atoms with Gasteiger partial charge in [-0.15, -0.1) is 0 Å². The third-order valence-electron chi connectivity index (χ3n) is 2.89. The largest absolute Gasteiger partial charge is 0.478 e. The van der Waals surface area contributed by atoms with Crippen LogP contribution >= 0.6 is 0 Å². The summed E-state index contributed by atoms with van der Waals surface area (Å²) in [4.78, 5) is 11.8. The maximum Gasteiger partial charge on any atom is 0.405 e. The Labute approximate surface area is 121 Å². The molecular formula is C15H18F3NO2. The number of carbonyl (C=O) groups is 1. The fraction of sp³-hybridized carbons (Fsp3) is 0.400. The number of benzene rings is 1. The Balaban J connectivity index is 3.00. The number of carboxylic acid groups (broad SMARTS) is 1. The maximum atomic E-state index is 12.6. The summed E-state index contributed by atoms with van der Waals surface area (Å²) in [5, 5.41) is 8.59. The topological polar surface area (TPSA) is 40.5 Å². The summed E-state index contributed by atoms with van der Waals surface area (Å²) in [5.74, 6) is -1.07. The number of aliphatic carboxylic acids is 1. The Bertz CT molecular complexity index is 524. The SMILES string of the molecule is CCCN(CC(F)(F)F)c1ccc(C=CC(=O)O)c(C)c1. The molecule has 0 atom stereocenters. The Hall–Kier alpha value is -1.98. The summed E-state index contributed by atoms with van der Waals surface area (Å²) >= 11 is 0. The lowest BCUT2D eigenvalue weighted by Crippen LogP contribution is -2.34. The first-order valence-electron chi connectivity index (χ1n) is 6.56. The van der Waals surface area contributed by atoms with E-state index in [9.17, 15) is 18.0 Å². The van der Waals surface area contributed by atoms with Crippen molar-refractivity contribution in [2.45, 2.75) is 26.4 Å². The normalized spacial score (nSPS) is 11.9. The molecule has 0 heterocycles. The number of nitrogens with zero attached hydrogens (tertiary/aromatic N) is 1. The van der Waals surface area contributed by atoms with Crippen molar-refractivity contribution in [2.75, 3.05) is 18.0 Å². The van der Waals surface area contributed by atoms with E-state index in [1.807, 2.05) is 6.92 Å². The van der Waals surface area contributed by atoms with Crippen LogP contribution in [-0.4, -0.2) is 30.3 Å². The highest BCUT2D eigenvalue weighted by Crippen LogP contribution is 2.25. The average molecular weight is 301 g/mol. The van der Waals surface area contributed by atoms with Crippen LogP contribution in [0.25, 0.3) is 6.08 Å². The summed E-state index contributed by atoms with van der Waals surface area (Å²) in [5.41, 5.74) is 1.89. The van der Waals surface area contributed by atoms with Crippen molar-refractivity contribution in [1.29, 1.82) is 0 Å². The van der Waals surface area contributed by atoms with Gasteiger partial charge in [0.25, 0.3) is 0 Å². The van der Waals surface area contributed by atoms with Crippen molar-refractivity contribution in [3.8, 4) is 0 Å². The second-order valence-electron chi connectivity index (χ2n) is 4.75. The van der Waals surface area contributed by atoms with E-state index in [0.717, 1.165) is 11.6 Å². The Morgan fingerprint density at radius 3 is 2.52 bits per heavy atom. The van der Waals surface area contributed by atoms with Crippen LogP contribution in [0.5, 0.6) is 0 Å². The molecule has 0 aromatic heterocycles. The molecule has 6 heteroatoms. The number of halogens is 3. The molecule has 0 aliphatic rings. The number of carboxylic acids is 1. The van der Waals surface area contributed by atoms with Gasteiger partial charge in [0.1, 0.15) is 6.54 Å². The molecule has 1 rings (SSSR count). The zero-order valence-corrected chi connectivity index (χ0v) is 11.9. The van der Waals surface area contributed by atoms with E-state index >= 15 is 0 Å². The van der Waals surface area contributed by atoms with Gasteiger partial charge < -0.3 is 10.0 Å². The van der Waals surface area contributed by atoms with Gasteiger partial charge in [-0.3, -0.25) is 0 Å². The van der Waals surface area contributed by atoms with Gasteiger partial charge in [-0.25, -0.2) is 4.79 Å². The molecule has 21 heavy (non-hydrogen) atoms. The molecule has 0 aliphatic carbocycles. The number of hydrogen-bond acceptors (Lipinski definition) is 2. The lowest BCUT2D eigenvalue weighted by atomic mass is 10.1. The van der Waals surface area contributed by atoms with Crippen molar-refractivity contribution in [1.82, 2.24) is 0 Å². The minimum Gasteiger partial charge on any atom is -0.478 e. The second-order valence-corrected chi connectivity index (χ2v) is 4.75. The predicted octanol–water partition coefficient (Wildman–Crippen LogP) is 3.87. The van der Waals surface area contributed by atoms with Gasteiger partial charge in [-0.05, 0) is 42.7 Å². The van der Waals surface area contributed by atoms with Crippen molar-refractivity contribution >= 4 is 17.7 Å². The van der Waals surface area contributed by atoms with Gasteiger partial charge in [-0.1, -0.05) is 13.0 Å². The van der Waals surface area contributed by atoms with Crippen LogP contribution in [0.3, 0.4) is 0 Å². The second kappa shape index (κ2) is 7.15. The van der Waals surface area contributed by atoms with Crippen molar-refractivity contribution in [2.24, 2.45) is 0 Å². The van der Waals surface area contributed by atoms with Gasteiger partial charge in [0, 0.05) is 18.3 Å². The maximum absolute atomic E-state index is 12.6. The summed E-state index contributed by atoms with van der Waals surface area (Å²) in [6.45, 7) is 2.87. The third kappa shape index (κ3) is 5.89. The molecule has 0 amide bonds. The lowest BCUT2D eigenvalue weighted by Gasteiger charge is -2.26. The number of alkyl halides is 3. The Kier molecular flexibility index (Phi) is 5.81. The molecule has 3 nitrogen and oxygen atoms in total. The van der Waals surface area contributed by atoms with Crippen molar-refractivity contribution in [3.05, 3.63) is 35.4 Å². The summed E-state index contributed by atoms with van der Waals surface area (Å²) in [6.07, 6.45) is -1.22.